The normalized spacial score (nSPS) is 20.0. The number of rotatable bonds is 10. The number of cyclic esters (lactones) is 1. The highest BCUT2D eigenvalue weighted by molar-refractivity contribution is 5.89. The van der Waals surface area contributed by atoms with Gasteiger partial charge in [-0.2, -0.15) is 4.98 Å². The lowest BCUT2D eigenvalue weighted by Crippen LogP contribution is -2.47. The minimum atomic E-state index is -0.589. The molecule has 216 valence electrons. The van der Waals surface area contributed by atoms with Gasteiger partial charge in [-0.15, -0.1) is 0 Å². The Morgan fingerprint density at radius 3 is 2.65 bits per heavy atom. The predicted octanol–water partition coefficient (Wildman–Crippen LogP) is 0.933. The maximum Gasteiger partial charge on any atom is 0.414 e. The maximum atomic E-state index is 15.1. The first-order valence-electron chi connectivity index (χ1n) is 13.7. The number of nitrogens with zero attached hydrogens (tertiary/aromatic N) is 7. The van der Waals surface area contributed by atoms with E-state index < -0.39 is 18.0 Å². The van der Waals surface area contributed by atoms with Crippen LogP contribution in [0.15, 0.2) is 24.5 Å². The standard InChI is InChI=1S/C26H36FN9O4/c1-19(37)30-17-21-18-36(26(38)40-21)20-15-22(27)24(31-16-20)35-9-7-34(8-10-35)23-3-5-29-25(32-23)28-4-2-6-33-11-13-39-14-12-33/h3,5,15-16,21H,2,4,6-14,17-18H2,1H3,(H,30,37)(H,28,29,32)/t21-/m0/s1. The van der Waals surface area contributed by atoms with Gasteiger partial charge in [0.2, 0.25) is 11.9 Å². The summed E-state index contributed by atoms with van der Waals surface area (Å²) in [7, 11) is 0. The van der Waals surface area contributed by atoms with Gasteiger partial charge in [-0.1, -0.05) is 0 Å². The van der Waals surface area contributed by atoms with E-state index >= 15 is 4.39 Å². The van der Waals surface area contributed by atoms with Gasteiger partial charge < -0.3 is 29.9 Å². The Labute approximate surface area is 232 Å². The molecule has 0 aromatic carbocycles. The summed E-state index contributed by atoms with van der Waals surface area (Å²) in [6, 6.07) is 3.19. The number of carbonyl (C=O) groups is 2. The number of nitrogens with one attached hydrogen (secondary N) is 2. The van der Waals surface area contributed by atoms with Gasteiger partial charge in [-0.05, 0) is 19.0 Å². The molecular weight excluding hydrogens is 521 g/mol. The van der Waals surface area contributed by atoms with Gasteiger partial charge in [0.05, 0.1) is 38.2 Å². The molecule has 2 aromatic heterocycles. The van der Waals surface area contributed by atoms with E-state index in [0.717, 1.165) is 51.6 Å². The van der Waals surface area contributed by atoms with Crippen LogP contribution >= 0.6 is 0 Å². The Kier molecular flexibility index (Phi) is 9.06. The van der Waals surface area contributed by atoms with Gasteiger partial charge in [-0.25, -0.2) is 19.2 Å². The summed E-state index contributed by atoms with van der Waals surface area (Å²) in [6.45, 7) is 9.63. The van der Waals surface area contributed by atoms with Crippen LogP contribution in [-0.2, 0) is 14.3 Å². The highest BCUT2D eigenvalue weighted by Gasteiger charge is 2.33. The fourth-order valence-corrected chi connectivity index (χ4v) is 4.98. The van der Waals surface area contributed by atoms with Gasteiger partial charge in [-0.3, -0.25) is 14.6 Å². The summed E-state index contributed by atoms with van der Waals surface area (Å²) in [5, 5.41) is 5.94. The van der Waals surface area contributed by atoms with Crippen molar-refractivity contribution in [3.8, 4) is 0 Å². The molecule has 0 radical (unpaired) electrons. The molecule has 0 unspecified atom stereocenters. The molecule has 0 spiro atoms. The molecule has 5 heterocycles. The average molecular weight is 558 g/mol. The zero-order valence-corrected chi connectivity index (χ0v) is 22.7. The quantitative estimate of drug-likeness (QED) is 0.405. The van der Waals surface area contributed by atoms with Crippen molar-refractivity contribution in [2.45, 2.75) is 19.4 Å². The predicted molar refractivity (Wildman–Crippen MR) is 147 cm³/mol. The Morgan fingerprint density at radius 2 is 1.90 bits per heavy atom. The van der Waals surface area contributed by atoms with Crippen LogP contribution in [0.5, 0.6) is 0 Å². The Morgan fingerprint density at radius 1 is 1.12 bits per heavy atom. The molecule has 0 bridgehead atoms. The molecule has 0 saturated carbocycles. The molecule has 3 aliphatic heterocycles. The highest BCUT2D eigenvalue weighted by atomic mass is 19.1. The Hall–Kier alpha value is -3.78. The minimum absolute atomic E-state index is 0.203. The first kappa shape index (κ1) is 27.8. The molecule has 2 N–H and O–H groups in total. The number of aromatic nitrogens is 3. The van der Waals surface area contributed by atoms with E-state index in [9.17, 15) is 9.59 Å². The van der Waals surface area contributed by atoms with Crippen LogP contribution in [0.25, 0.3) is 0 Å². The van der Waals surface area contributed by atoms with Crippen molar-refractivity contribution in [1.82, 2.24) is 25.2 Å². The summed E-state index contributed by atoms with van der Waals surface area (Å²) < 4.78 is 25.8. The third-order valence-electron chi connectivity index (χ3n) is 7.15. The fraction of sp³-hybridized carbons (Fsp3) is 0.577. The first-order valence-corrected chi connectivity index (χ1v) is 13.7. The fourth-order valence-electron chi connectivity index (χ4n) is 4.98. The maximum absolute atomic E-state index is 15.1. The number of pyridine rings is 1. The van der Waals surface area contributed by atoms with E-state index in [1.54, 1.807) is 6.20 Å². The molecule has 13 nitrogen and oxygen atoms in total. The smallest absolute Gasteiger partial charge is 0.414 e. The van der Waals surface area contributed by atoms with Gasteiger partial charge in [0.1, 0.15) is 11.9 Å². The summed E-state index contributed by atoms with van der Waals surface area (Å²) >= 11 is 0. The van der Waals surface area contributed by atoms with Gasteiger partial charge in [0, 0.05) is 65.0 Å². The minimum Gasteiger partial charge on any atom is -0.442 e. The monoisotopic (exact) mass is 557 g/mol. The van der Waals surface area contributed by atoms with Gasteiger partial charge >= 0.3 is 6.09 Å². The van der Waals surface area contributed by atoms with E-state index in [1.165, 1.54) is 24.1 Å². The molecule has 1 atom stereocenters. The number of anilines is 4. The summed E-state index contributed by atoms with van der Waals surface area (Å²) in [5.74, 6) is 0.963. The summed E-state index contributed by atoms with van der Waals surface area (Å²) in [4.78, 5) is 44.5. The van der Waals surface area contributed by atoms with Crippen LogP contribution in [0.3, 0.4) is 0 Å². The molecule has 3 saturated heterocycles. The molecule has 2 aromatic rings. The van der Waals surface area contributed by atoms with Crippen molar-refractivity contribution in [3.05, 3.63) is 30.3 Å². The number of piperazine rings is 1. The zero-order chi connectivity index (χ0) is 27.9. The number of carbonyl (C=O) groups excluding carboxylic acids is 2. The molecule has 5 rings (SSSR count). The van der Waals surface area contributed by atoms with E-state index in [-0.39, 0.29) is 24.8 Å². The Balaban J connectivity index is 1.10. The van der Waals surface area contributed by atoms with Crippen LogP contribution in [0.4, 0.5) is 32.5 Å². The number of ether oxygens (including phenoxy) is 2. The number of morpholine rings is 1. The Bertz CT molecular complexity index is 1170. The second kappa shape index (κ2) is 13.0. The van der Waals surface area contributed by atoms with Gasteiger partial charge in [0.15, 0.2) is 11.6 Å². The largest absolute Gasteiger partial charge is 0.442 e. The first-order chi connectivity index (χ1) is 19.5. The molecule has 3 aliphatic rings. The van der Waals surface area contributed by atoms with Crippen LogP contribution in [0.1, 0.15) is 13.3 Å². The van der Waals surface area contributed by atoms with Gasteiger partial charge in [0.25, 0.3) is 0 Å². The molecule has 2 amide bonds. The van der Waals surface area contributed by atoms with Crippen molar-refractivity contribution in [3.63, 3.8) is 0 Å². The van der Waals surface area contributed by atoms with Crippen LogP contribution in [-0.4, -0.2) is 117 Å². The van der Waals surface area contributed by atoms with Crippen molar-refractivity contribution in [2.24, 2.45) is 0 Å². The highest BCUT2D eigenvalue weighted by Crippen LogP contribution is 2.27. The lowest BCUT2D eigenvalue weighted by atomic mass is 10.2. The molecule has 40 heavy (non-hydrogen) atoms. The van der Waals surface area contributed by atoms with E-state index in [1.807, 2.05) is 11.0 Å². The summed E-state index contributed by atoms with van der Waals surface area (Å²) in [6.07, 6.45) is 3.14. The third-order valence-corrected chi connectivity index (χ3v) is 7.15. The second-order valence-electron chi connectivity index (χ2n) is 10.00. The zero-order valence-electron chi connectivity index (χ0n) is 22.7. The van der Waals surface area contributed by atoms with E-state index in [4.69, 9.17) is 9.47 Å². The molecular formula is C26H36FN9O4. The number of hydrogen-bond acceptors (Lipinski definition) is 11. The second-order valence-corrected chi connectivity index (χ2v) is 10.00. The van der Waals surface area contributed by atoms with Crippen LogP contribution in [0, 0.1) is 5.82 Å². The van der Waals surface area contributed by atoms with Crippen molar-refractivity contribution < 1.29 is 23.5 Å². The average Bonchev–Trinajstić information content (AvgIpc) is 3.35. The summed E-state index contributed by atoms with van der Waals surface area (Å²) in [5.41, 5.74) is 0.321. The third kappa shape index (κ3) is 7.04. The molecule has 3 fully saturated rings. The SMILES string of the molecule is CC(=O)NC[C@H]1CN(c2cnc(N3CCN(c4ccnc(NCCCN5CCOCC5)n4)CC3)c(F)c2)C(=O)O1. The number of amides is 2. The number of halogens is 1. The van der Waals surface area contributed by atoms with Crippen molar-refractivity contribution >= 4 is 35.3 Å². The molecule has 0 aliphatic carbocycles. The number of hydrogen-bond donors (Lipinski definition) is 2. The lowest BCUT2D eigenvalue weighted by molar-refractivity contribution is -0.119. The van der Waals surface area contributed by atoms with E-state index in [0.29, 0.717) is 37.8 Å². The van der Waals surface area contributed by atoms with Crippen molar-refractivity contribution in [1.29, 1.82) is 0 Å². The van der Waals surface area contributed by atoms with Crippen LogP contribution in [0.2, 0.25) is 0 Å². The molecule has 14 heteroatoms. The van der Waals surface area contributed by atoms with Crippen LogP contribution < -0.4 is 25.3 Å². The van der Waals surface area contributed by atoms with Crippen molar-refractivity contribution in [2.75, 3.05) is 98.7 Å². The topological polar surface area (TPSA) is 128 Å². The van der Waals surface area contributed by atoms with E-state index in [2.05, 4.69) is 35.4 Å². The lowest BCUT2D eigenvalue weighted by Gasteiger charge is -2.36.